The highest BCUT2D eigenvalue weighted by molar-refractivity contribution is 5.46. The molecule has 0 aliphatic heterocycles. The second-order valence-electron chi connectivity index (χ2n) is 4.11. The van der Waals surface area contributed by atoms with Gasteiger partial charge in [0.1, 0.15) is 5.82 Å². The molecule has 1 unspecified atom stereocenters. The van der Waals surface area contributed by atoms with Crippen molar-refractivity contribution in [1.29, 1.82) is 0 Å². The van der Waals surface area contributed by atoms with Crippen LogP contribution >= 0.6 is 0 Å². The zero-order chi connectivity index (χ0) is 11.5. The fraction of sp³-hybridized carbons (Fsp3) is 0.455. The molecule has 0 amide bonds. The second-order valence-corrected chi connectivity index (χ2v) is 4.11. The molecule has 0 saturated carbocycles. The number of nitrogens with two attached hydrogens (primary N) is 1. The molecule has 0 radical (unpaired) electrons. The lowest BCUT2D eigenvalue weighted by Gasteiger charge is -2.19. The van der Waals surface area contributed by atoms with Gasteiger partial charge in [-0.15, -0.1) is 0 Å². The Morgan fingerprint density at radius 2 is 2.31 bits per heavy atom. The van der Waals surface area contributed by atoms with Crippen molar-refractivity contribution < 1.29 is 0 Å². The summed E-state index contributed by atoms with van der Waals surface area (Å²) in [5, 5.41) is 4.11. The Morgan fingerprint density at radius 1 is 1.50 bits per heavy atom. The van der Waals surface area contributed by atoms with E-state index in [0.29, 0.717) is 0 Å². The van der Waals surface area contributed by atoms with Crippen LogP contribution in [-0.4, -0.2) is 34.2 Å². The van der Waals surface area contributed by atoms with E-state index in [9.17, 15) is 0 Å². The Bertz CT molecular complexity index is 462. The first kappa shape index (κ1) is 10.9. The van der Waals surface area contributed by atoms with E-state index >= 15 is 0 Å². The quantitative estimate of drug-likeness (QED) is 0.830. The Kier molecular flexibility index (Phi) is 3.05. The lowest BCUT2D eigenvalue weighted by atomic mass is 10.2. The predicted octanol–water partition coefficient (Wildman–Crippen LogP) is 0.903. The van der Waals surface area contributed by atoms with Crippen LogP contribution in [0.4, 0.5) is 5.82 Å². The van der Waals surface area contributed by atoms with Gasteiger partial charge >= 0.3 is 0 Å². The number of fused-ring (bicyclic) bond motifs is 1. The van der Waals surface area contributed by atoms with Gasteiger partial charge in [-0.05, 0) is 19.4 Å². The largest absolute Gasteiger partial charge is 0.360 e. The van der Waals surface area contributed by atoms with Gasteiger partial charge < -0.3 is 10.6 Å². The molecule has 5 heteroatoms. The molecular formula is C11H17N5. The molecule has 2 aromatic rings. The van der Waals surface area contributed by atoms with Crippen molar-refractivity contribution in [3.05, 3.63) is 24.5 Å². The molecule has 5 nitrogen and oxygen atoms in total. The molecule has 0 bridgehead atoms. The van der Waals surface area contributed by atoms with E-state index in [0.717, 1.165) is 24.4 Å². The van der Waals surface area contributed by atoms with Crippen LogP contribution < -0.4 is 10.6 Å². The van der Waals surface area contributed by atoms with Crippen molar-refractivity contribution in [2.45, 2.75) is 19.4 Å². The average Bonchev–Trinajstić information content (AvgIpc) is 2.72. The molecule has 0 aliphatic carbocycles. The van der Waals surface area contributed by atoms with E-state index in [2.05, 4.69) is 15.0 Å². The summed E-state index contributed by atoms with van der Waals surface area (Å²) in [6.07, 6.45) is 4.62. The summed E-state index contributed by atoms with van der Waals surface area (Å²) in [6, 6.07) is 4.07. The van der Waals surface area contributed by atoms with Crippen molar-refractivity contribution in [3.63, 3.8) is 0 Å². The third-order valence-corrected chi connectivity index (χ3v) is 2.55. The summed E-state index contributed by atoms with van der Waals surface area (Å²) < 4.78 is 1.75. The molecule has 0 spiro atoms. The summed E-state index contributed by atoms with van der Waals surface area (Å²) in [7, 11) is 2.03. The molecule has 16 heavy (non-hydrogen) atoms. The fourth-order valence-electron chi connectivity index (χ4n) is 1.53. The van der Waals surface area contributed by atoms with Gasteiger partial charge in [-0.2, -0.15) is 5.10 Å². The highest BCUT2D eigenvalue weighted by Crippen LogP contribution is 2.10. The summed E-state index contributed by atoms with van der Waals surface area (Å²) in [4.78, 5) is 6.61. The Labute approximate surface area is 94.9 Å². The van der Waals surface area contributed by atoms with Crippen LogP contribution in [-0.2, 0) is 0 Å². The molecule has 0 saturated heterocycles. The van der Waals surface area contributed by atoms with Gasteiger partial charge in [-0.25, -0.2) is 9.50 Å². The van der Waals surface area contributed by atoms with E-state index < -0.39 is 0 Å². The van der Waals surface area contributed by atoms with Crippen molar-refractivity contribution in [3.8, 4) is 0 Å². The van der Waals surface area contributed by atoms with Gasteiger partial charge in [-0.3, -0.25) is 0 Å². The molecule has 2 N–H and O–H groups in total. The lowest BCUT2D eigenvalue weighted by molar-refractivity contribution is 0.656. The molecule has 2 aromatic heterocycles. The molecule has 0 aliphatic rings. The Balaban J connectivity index is 2.12. The van der Waals surface area contributed by atoms with Crippen LogP contribution in [0.5, 0.6) is 0 Å². The molecule has 1 atom stereocenters. The maximum atomic E-state index is 5.73. The second kappa shape index (κ2) is 4.49. The summed E-state index contributed by atoms with van der Waals surface area (Å²) in [6.45, 7) is 2.93. The van der Waals surface area contributed by atoms with Crippen LogP contribution in [0.3, 0.4) is 0 Å². The van der Waals surface area contributed by atoms with Crippen LogP contribution in [0.1, 0.15) is 13.3 Å². The maximum Gasteiger partial charge on any atom is 0.157 e. The highest BCUT2D eigenvalue weighted by atomic mass is 15.3. The topological polar surface area (TPSA) is 59.5 Å². The fourth-order valence-corrected chi connectivity index (χ4v) is 1.53. The SMILES string of the molecule is CC(N)CCN(C)c1ccn2nccc2n1. The molecule has 0 aromatic carbocycles. The van der Waals surface area contributed by atoms with Crippen molar-refractivity contribution in [1.82, 2.24) is 14.6 Å². The average molecular weight is 219 g/mol. The number of hydrogen-bond donors (Lipinski definition) is 1. The zero-order valence-corrected chi connectivity index (χ0v) is 9.67. The minimum atomic E-state index is 0.223. The smallest absolute Gasteiger partial charge is 0.157 e. The molecule has 2 heterocycles. The standard InChI is InChI=1S/C11H17N5/c1-9(12)4-7-15(2)10-5-8-16-11(14-10)3-6-13-16/h3,5-6,8-9H,4,7,12H2,1-2H3. The van der Waals surface area contributed by atoms with Gasteiger partial charge in [0.05, 0.1) is 6.20 Å². The van der Waals surface area contributed by atoms with Gasteiger partial charge in [-0.1, -0.05) is 0 Å². The van der Waals surface area contributed by atoms with Crippen molar-refractivity contribution in [2.24, 2.45) is 5.73 Å². The van der Waals surface area contributed by atoms with E-state index in [1.807, 2.05) is 32.3 Å². The molecule has 86 valence electrons. The summed E-state index contributed by atoms with van der Waals surface area (Å²) in [5.74, 6) is 0.952. The van der Waals surface area contributed by atoms with E-state index in [4.69, 9.17) is 5.73 Å². The first-order valence-electron chi connectivity index (χ1n) is 5.44. The van der Waals surface area contributed by atoms with Gasteiger partial charge in [0.2, 0.25) is 0 Å². The van der Waals surface area contributed by atoms with Crippen LogP contribution in [0.25, 0.3) is 5.65 Å². The van der Waals surface area contributed by atoms with Crippen molar-refractivity contribution >= 4 is 11.5 Å². The highest BCUT2D eigenvalue weighted by Gasteiger charge is 2.05. The third-order valence-electron chi connectivity index (χ3n) is 2.55. The number of nitrogens with zero attached hydrogens (tertiary/aromatic N) is 4. The molecular weight excluding hydrogens is 202 g/mol. The van der Waals surface area contributed by atoms with E-state index in [1.165, 1.54) is 0 Å². The first-order chi connectivity index (χ1) is 7.66. The third kappa shape index (κ3) is 2.30. The maximum absolute atomic E-state index is 5.73. The molecule has 0 fully saturated rings. The Morgan fingerprint density at radius 3 is 3.06 bits per heavy atom. The van der Waals surface area contributed by atoms with Gasteiger partial charge in [0, 0.05) is 31.9 Å². The lowest BCUT2D eigenvalue weighted by Crippen LogP contribution is -2.26. The van der Waals surface area contributed by atoms with E-state index in [1.54, 1.807) is 10.7 Å². The zero-order valence-electron chi connectivity index (χ0n) is 9.67. The summed E-state index contributed by atoms with van der Waals surface area (Å²) in [5.41, 5.74) is 6.60. The predicted molar refractivity (Wildman–Crippen MR) is 64.5 cm³/mol. The Hall–Kier alpha value is -1.62. The number of rotatable bonds is 4. The van der Waals surface area contributed by atoms with Gasteiger partial charge in [0.25, 0.3) is 0 Å². The van der Waals surface area contributed by atoms with Gasteiger partial charge in [0.15, 0.2) is 5.65 Å². The van der Waals surface area contributed by atoms with E-state index in [-0.39, 0.29) is 6.04 Å². The first-order valence-corrected chi connectivity index (χ1v) is 5.44. The molecule has 2 rings (SSSR count). The normalized spacial score (nSPS) is 12.9. The number of anilines is 1. The minimum absolute atomic E-state index is 0.223. The van der Waals surface area contributed by atoms with Crippen molar-refractivity contribution in [2.75, 3.05) is 18.5 Å². The minimum Gasteiger partial charge on any atom is -0.360 e. The number of aromatic nitrogens is 3. The number of hydrogen-bond acceptors (Lipinski definition) is 4. The van der Waals surface area contributed by atoms with Crippen LogP contribution in [0.15, 0.2) is 24.5 Å². The van der Waals surface area contributed by atoms with Crippen LogP contribution in [0, 0.1) is 0 Å². The summed E-state index contributed by atoms with van der Waals surface area (Å²) >= 11 is 0. The van der Waals surface area contributed by atoms with Crippen LogP contribution in [0.2, 0.25) is 0 Å². The monoisotopic (exact) mass is 219 g/mol.